The highest BCUT2D eigenvalue weighted by Crippen LogP contribution is 2.42. The van der Waals surface area contributed by atoms with E-state index in [9.17, 15) is 13.2 Å². The predicted octanol–water partition coefficient (Wildman–Crippen LogP) is 3.18. The SMILES string of the molecule is CC(=O)N1CCc2cc(Br)cc(S(=O)(=O)N3CCC[C@H]3c3cc(C)on3)c21. The number of carbonyl (C=O) groups excluding carboxylic acids is 1. The summed E-state index contributed by atoms with van der Waals surface area (Å²) in [6, 6.07) is 4.92. The van der Waals surface area contributed by atoms with Crippen molar-refractivity contribution in [1.82, 2.24) is 9.46 Å². The second-order valence-corrected chi connectivity index (χ2v) is 9.74. The lowest BCUT2D eigenvalue weighted by Crippen LogP contribution is -2.33. The summed E-state index contributed by atoms with van der Waals surface area (Å²) in [6.45, 7) is 4.16. The molecule has 2 aliphatic rings. The van der Waals surface area contributed by atoms with Crippen LogP contribution in [0.4, 0.5) is 5.69 Å². The molecule has 7 nitrogen and oxygen atoms in total. The highest BCUT2D eigenvalue weighted by atomic mass is 79.9. The van der Waals surface area contributed by atoms with Gasteiger partial charge in [0, 0.05) is 30.6 Å². The molecule has 0 bridgehead atoms. The van der Waals surface area contributed by atoms with Gasteiger partial charge in [0.05, 0.1) is 11.7 Å². The van der Waals surface area contributed by atoms with Crippen LogP contribution in [0.5, 0.6) is 0 Å². The molecule has 144 valence electrons. The minimum atomic E-state index is -3.81. The minimum absolute atomic E-state index is 0.155. The van der Waals surface area contributed by atoms with Gasteiger partial charge >= 0.3 is 0 Å². The number of fused-ring (bicyclic) bond motifs is 1. The highest BCUT2D eigenvalue weighted by Gasteiger charge is 2.41. The van der Waals surface area contributed by atoms with Gasteiger partial charge in [-0.25, -0.2) is 8.42 Å². The van der Waals surface area contributed by atoms with Gasteiger partial charge in [0.2, 0.25) is 15.9 Å². The van der Waals surface area contributed by atoms with Crippen molar-refractivity contribution in [2.75, 3.05) is 18.0 Å². The fourth-order valence-corrected chi connectivity index (χ4v) is 6.56. The summed E-state index contributed by atoms with van der Waals surface area (Å²) in [5.74, 6) is 0.498. The predicted molar refractivity (Wildman–Crippen MR) is 103 cm³/mol. The largest absolute Gasteiger partial charge is 0.361 e. The van der Waals surface area contributed by atoms with Crippen molar-refractivity contribution in [3.63, 3.8) is 0 Å². The van der Waals surface area contributed by atoms with Gasteiger partial charge in [-0.05, 0) is 43.9 Å². The fraction of sp³-hybridized carbons (Fsp3) is 0.444. The van der Waals surface area contributed by atoms with Crippen molar-refractivity contribution >= 4 is 37.5 Å². The van der Waals surface area contributed by atoms with Crippen molar-refractivity contribution in [2.24, 2.45) is 0 Å². The fourth-order valence-electron chi connectivity index (χ4n) is 3.97. The molecule has 0 spiro atoms. The third kappa shape index (κ3) is 3.11. The lowest BCUT2D eigenvalue weighted by molar-refractivity contribution is -0.116. The molecule has 0 unspecified atom stereocenters. The Bertz CT molecular complexity index is 1020. The van der Waals surface area contributed by atoms with Gasteiger partial charge in [-0.1, -0.05) is 21.1 Å². The Morgan fingerprint density at radius 3 is 2.74 bits per heavy atom. The number of anilines is 1. The zero-order valence-electron chi connectivity index (χ0n) is 15.1. The number of amides is 1. The summed E-state index contributed by atoms with van der Waals surface area (Å²) < 4.78 is 34.6. The molecule has 4 rings (SSSR count). The summed E-state index contributed by atoms with van der Waals surface area (Å²) in [4.78, 5) is 13.8. The Balaban J connectivity index is 1.82. The van der Waals surface area contributed by atoms with Gasteiger partial charge in [-0.15, -0.1) is 0 Å². The molecule has 1 aromatic heterocycles. The molecule has 1 atom stereocenters. The number of aryl methyl sites for hydroxylation is 1. The van der Waals surface area contributed by atoms with E-state index in [4.69, 9.17) is 4.52 Å². The average Bonchev–Trinajstić information content (AvgIpc) is 3.31. The van der Waals surface area contributed by atoms with Crippen LogP contribution in [-0.4, -0.2) is 36.9 Å². The maximum atomic E-state index is 13.6. The van der Waals surface area contributed by atoms with Gasteiger partial charge in [-0.2, -0.15) is 4.31 Å². The first-order valence-corrected chi connectivity index (χ1v) is 11.1. The summed E-state index contributed by atoms with van der Waals surface area (Å²) in [7, 11) is -3.81. The second-order valence-electron chi connectivity index (χ2n) is 6.97. The number of hydrogen-bond donors (Lipinski definition) is 0. The molecule has 0 saturated carbocycles. The maximum Gasteiger partial charge on any atom is 0.245 e. The third-order valence-corrected chi connectivity index (χ3v) is 7.53. The van der Waals surface area contributed by atoms with E-state index in [2.05, 4.69) is 21.1 Å². The molecule has 1 aromatic carbocycles. The highest BCUT2D eigenvalue weighted by molar-refractivity contribution is 9.10. The number of aromatic nitrogens is 1. The summed E-state index contributed by atoms with van der Waals surface area (Å²) in [5.41, 5.74) is 2.00. The zero-order valence-corrected chi connectivity index (χ0v) is 17.5. The molecule has 0 N–H and O–H groups in total. The number of nitrogens with zero attached hydrogens (tertiary/aromatic N) is 3. The summed E-state index contributed by atoms with van der Waals surface area (Å²) in [5, 5.41) is 4.03. The molecule has 0 aliphatic carbocycles. The van der Waals surface area contributed by atoms with Gasteiger partial charge in [0.1, 0.15) is 16.3 Å². The Hall–Kier alpha value is -1.71. The van der Waals surface area contributed by atoms with Gasteiger partial charge in [-0.3, -0.25) is 4.79 Å². The van der Waals surface area contributed by atoms with Crippen molar-refractivity contribution in [3.05, 3.63) is 39.7 Å². The van der Waals surface area contributed by atoms with Crippen LogP contribution in [0.1, 0.15) is 42.8 Å². The molecule has 1 fully saturated rings. The molecule has 1 saturated heterocycles. The molecule has 1 amide bonds. The van der Waals surface area contributed by atoms with Crippen LogP contribution in [0.2, 0.25) is 0 Å². The quantitative estimate of drug-likeness (QED) is 0.712. The first-order valence-electron chi connectivity index (χ1n) is 8.84. The summed E-state index contributed by atoms with van der Waals surface area (Å²) in [6.07, 6.45) is 2.09. The van der Waals surface area contributed by atoms with E-state index in [0.717, 1.165) is 12.0 Å². The topological polar surface area (TPSA) is 83.7 Å². The van der Waals surface area contributed by atoms with Crippen LogP contribution in [-0.2, 0) is 21.2 Å². The molecular formula is C18H20BrN3O4S. The van der Waals surface area contributed by atoms with E-state index < -0.39 is 10.0 Å². The standard InChI is InChI=1S/C18H20BrN3O4S/c1-11-8-15(20-26-11)16-4-3-6-22(16)27(24,25)17-10-14(19)9-13-5-7-21(12(2)23)18(13)17/h8-10,16H,3-7H2,1-2H3/t16-/m0/s1. The smallest absolute Gasteiger partial charge is 0.245 e. The van der Waals surface area contributed by atoms with E-state index >= 15 is 0 Å². The Morgan fingerprint density at radius 1 is 1.30 bits per heavy atom. The van der Waals surface area contributed by atoms with E-state index in [1.54, 1.807) is 24.0 Å². The Labute approximate surface area is 166 Å². The van der Waals surface area contributed by atoms with Crippen LogP contribution in [0.25, 0.3) is 0 Å². The van der Waals surface area contributed by atoms with Gasteiger partial charge < -0.3 is 9.42 Å². The van der Waals surface area contributed by atoms with Crippen LogP contribution >= 0.6 is 15.9 Å². The van der Waals surface area contributed by atoms with E-state index in [1.165, 1.54) is 11.2 Å². The van der Waals surface area contributed by atoms with Gasteiger partial charge in [0.25, 0.3) is 0 Å². The van der Waals surface area contributed by atoms with Crippen LogP contribution < -0.4 is 4.90 Å². The van der Waals surface area contributed by atoms with Crippen molar-refractivity contribution in [2.45, 2.75) is 44.0 Å². The monoisotopic (exact) mass is 453 g/mol. The van der Waals surface area contributed by atoms with Crippen LogP contribution in [0, 0.1) is 6.92 Å². The third-order valence-electron chi connectivity index (χ3n) is 5.15. The summed E-state index contributed by atoms with van der Waals surface area (Å²) >= 11 is 3.42. The average molecular weight is 454 g/mol. The number of carbonyl (C=O) groups is 1. The zero-order chi connectivity index (χ0) is 19.3. The lowest BCUT2D eigenvalue weighted by atomic mass is 10.1. The minimum Gasteiger partial charge on any atom is -0.361 e. The molecular weight excluding hydrogens is 434 g/mol. The van der Waals surface area contributed by atoms with Crippen LogP contribution in [0.15, 0.2) is 32.1 Å². The van der Waals surface area contributed by atoms with Crippen molar-refractivity contribution in [1.29, 1.82) is 0 Å². The molecule has 2 aromatic rings. The molecule has 2 aliphatic heterocycles. The molecule has 3 heterocycles. The van der Waals surface area contributed by atoms with E-state index in [0.29, 0.717) is 47.5 Å². The maximum absolute atomic E-state index is 13.6. The first-order chi connectivity index (χ1) is 12.8. The number of hydrogen-bond acceptors (Lipinski definition) is 5. The number of benzene rings is 1. The molecule has 27 heavy (non-hydrogen) atoms. The number of halogens is 1. The molecule has 0 radical (unpaired) electrons. The molecule has 9 heteroatoms. The van der Waals surface area contributed by atoms with Crippen molar-refractivity contribution < 1.29 is 17.7 Å². The first kappa shape index (κ1) is 18.6. The number of rotatable bonds is 3. The lowest BCUT2D eigenvalue weighted by Gasteiger charge is -2.26. The van der Waals surface area contributed by atoms with E-state index in [1.807, 2.05) is 6.07 Å². The Morgan fingerprint density at radius 2 is 2.07 bits per heavy atom. The van der Waals surface area contributed by atoms with E-state index in [-0.39, 0.29) is 16.8 Å². The van der Waals surface area contributed by atoms with Crippen LogP contribution in [0.3, 0.4) is 0 Å². The van der Waals surface area contributed by atoms with Gasteiger partial charge in [0.15, 0.2) is 0 Å². The number of sulfonamides is 1. The Kier molecular flexibility index (Phi) is 4.64. The second kappa shape index (κ2) is 6.72. The van der Waals surface area contributed by atoms with Crippen molar-refractivity contribution in [3.8, 4) is 0 Å². The normalized spacial score (nSPS) is 20.3.